The van der Waals surface area contributed by atoms with Crippen LogP contribution in [0.4, 0.5) is 0 Å². The Morgan fingerprint density at radius 2 is 1.56 bits per heavy atom. The van der Waals surface area contributed by atoms with Crippen LogP contribution in [0.3, 0.4) is 0 Å². The van der Waals surface area contributed by atoms with Gasteiger partial charge in [-0.25, -0.2) is 8.42 Å². The Morgan fingerprint density at radius 3 is 2.33 bits per heavy atom. The summed E-state index contributed by atoms with van der Waals surface area (Å²) < 4.78 is 32.4. The van der Waals surface area contributed by atoms with Crippen LogP contribution in [-0.2, 0) is 29.2 Å². The van der Waals surface area contributed by atoms with Crippen LogP contribution in [-0.4, -0.2) is 41.3 Å². The van der Waals surface area contributed by atoms with Crippen LogP contribution in [0.25, 0.3) is 22.2 Å². The van der Waals surface area contributed by atoms with Crippen LogP contribution in [0, 0.1) is 0 Å². The van der Waals surface area contributed by atoms with Gasteiger partial charge < -0.3 is 19.5 Å². The Bertz CT molecular complexity index is 1550. The molecule has 1 aliphatic rings. The van der Waals surface area contributed by atoms with E-state index in [1.807, 2.05) is 36.4 Å². The summed E-state index contributed by atoms with van der Waals surface area (Å²) >= 11 is 0. The molecule has 1 aromatic heterocycles. The Balaban J connectivity index is 1.27. The van der Waals surface area contributed by atoms with Crippen molar-refractivity contribution in [1.82, 2.24) is 4.57 Å². The Kier molecular flexibility index (Phi) is 8.17. The fraction of sp³-hybridized carbons (Fsp3) is 0.375. The van der Waals surface area contributed by atoms with E-state index in [1.54, 1.807) is 12.1 Å². The van der Waals surface area contributed by atoms with Crippen LogP contribution in [0.1, 0.15) is 55.7 Å². The van der Waals surface area contributed by atoms with Crippen molar-refractivity contribution in [3.8, 4) is 28.5 Å². The molecule has 4 aromatic rings. The highest BCUT2D eigenvalue weighted by molar-refractivity contribution is 7.91. The van der Waals surface area contributed by atoms with Gasteiger partial charge in [-0.2, -0.15) is 0 Å². The maximum atomic E-state index is 12.1. The van der Waals surface area contributed by atoms with E-state index >= 15 is 0 Å². The van der Waals surface area contributed by atoms with Crippen LogP contribution >= 0.6 is 0 Å². The van der Waals surface area contributed by atoms with E-state index < -0.39 is 9.84 Å². The summed E-state index contributed by atoms with van der Waals surface area (Å²) in [7, 11) is -2.96. The van der Waals surface area contributed by atoms with Gasteiger partial charge in [0.25, 0.3) is 0 Å². The second-order valence-electron chi connectivity index (χ2n) is 10.5. The zero-order valence-corrected chi connectivity index (χ0v) is 23.3. The number of unbranched alkanes of at least 4 members (excludes halogenated alkanes) is 3. The lowest BCUT2D eigenvalue weighted by Gasteiger charge is -2.20. The number of phenolic OH excluding ortho intramolecular Hbond substituents is 2. The summed E-state index contributed by atoms with van der Waals surface area (Å²) in [6, 6.07) is 19.2. The van der Waals surface area contributed by atoms with E-state index in [9.17, 15) is 18.6 Å². The topological polar surface area (TPSA) is 88.8 Å². The average Bonchev–Trinajstić information content (AvgIpc) is 3.22. The smallest absolute Gasteiger partial charge is 0.150 e. The molecule has 0 saturated carbocycles. The van der Waals surface area contributed by atoms with E-state index in [0.29, 0.717) is 26.0 Å². The Hall–Kier alpha value is -3.45. The van der Waals surface area contributed by atoms with Crippen molar-refractivity contribution in [1.29, 1.82) is 0 Å². The summed E-state index contributed by atoms with van der Waals surface area (Å²) in [5, 5.41) is 21.3. The number of rotatable bonds is 12. The SMILES string of the molecule is CCCCCS(=O)(=O)CCCCOc1ccc(Cn2c3c(c4cc(O)ccc42)CCc2cc(O)ccc2-3)cc1. The molecule has 3 aromatic carbocycles. The van der Waals surface area contributed by atoms with Crippen molar-refractivity contribution >= 4 is 20.7 Å². The molecule has 0 fully saturated rings. The van der Waals surface area contributed by atoms with Crippen LogP contribution in [0.5, 0.6) is 17.2 Å². The predicted octanol–water partition coefficient (Wildman–Crippen LogP) is 6.63. The van der Waals surface area contributed by atoms with Crippen molar-refractivity contribution in [3.63, 3.8) is 0 Å². The molecule has 0 atom stereocenters. The van der Waals surface area contributed by atoms with Gasteiger partial charge in [-0.3, -0.25) is 0 Å². The zero-order chi connectivity index (χ0) is 27.4. The van der Waals surface area contributed by atoms with Gasteiger partial charge >= 0.3 is 0 Å². The molecule has 0 unspecified atom stereocenters. The number of aryl methyl sites for hydroxylation is 2. The summed E-state index contributed by atoms with van der Waals surface area (Å²) in [4.78, 5) is 0. The van der Waals surface area contributed by atoms with Crippen molar-refractivity contribution in [2.24, 2.45) is 0 Å². The molecule has 6 nitrogen and oxygen atoms in total. The van der Waals surface area contributed by atoms with Gasteiger partial charge in [0.2, 0.25) is 0 Å². The second-order valence-corrected chi connectivity index (χ2v) is 12.8. The molecule has 1 aliphatic carbocycles. The first kappa shape index (κ1) is 27.1. The number of fused-ring (bicyclic) bond motifs is 5. The first-order valence-electron chi connectivity index (χ1n) is 13.9. The summed E-state index contributed by atoms with van der Waals surface area (Å²) in [6.45, 7) is 3.23. The molecule has 0 aliphatic heterocycles. The average molecular weight is 548 g/mol. The number of phenols is 2. The van der Waals surface area contributed by atoms with E-state index in [-0.39, 0.29) is 23.0 Å². The van der Waals surface area contributed by atoms with E-state index in [1.165, 1.54) is 5.56 Å². The monoisotopic (exact) mass is 547 g/mol. The predicted molar refractivity (Wildman–Crippen MR) is 157 cm³/mol. The van der Waals surface area contributed by atoms with Crippen LogP contribution < -0.4 is 4.74 Å². The number of aromatic nitrogens is 1. The number of sulfone groups is 1. The molecule has 0 saturated heterocycles. The molecule has 0 amide bonds. The van der Waals surface area contributed by atoms with Crippen LogP contribution in [0.2, 0.25) is 0 Å². The summed E-state index contributed by atoms with van der Waals surface area (Å²) in [5.41, 5.74) is 6.82. The fourth-order valence-electron chi connectivity index (χ4n) is 5.58. The number of hydrogen-bond donors (Lipinski definition) is 2. The van der Waals surface area contributed by atoms with E-state index in [2.05, 4.69) is 23.6 Å². The number of benzene rings is 3. The Morgan fingerprint density at radius 1 is 0.846 bits per heavy atom. The highest BCUT2D eigenvalue weighted by atomic mass is 32.2. The highest BCUT2D eigenvalue weighted by Crippen LogP contribution is 2.42. The minimum absolute atomic E-state index is 0.231. The molecule has 206 valence electrons. The van der Waals surface area contributed by atoms with E-state index in [4.69, 9.17) is 4.74 Å². The lowest BCUT2D eigenvalue weighted by molar-refractivity contribution is 0.309. The molecule has 2 N–H and O–H groups in total. The fourth-order valence-corrected chi connectivity index (χ4v) is 7.07. The molecule has 0 bridgehead atoms. The molecule has 1 heterocycles. The summed E-state index contributed by atoms with van der Waals surface area (Å²) in [5.74, 6) is 1.83. The lowest BCUT2D eigenvalue weighted by atomic mass is 9.88. The quantitative estimate of drug-likeness (QED) is 0.194. The third-order valence-electron chi connectivity index (χ3n) is 7.58. The first-order chi connectivity index (χ1) is 18.8. The molecule has 39 heavy (non-hydrogen) atoms. The zero-order valence-electron chi connectivity index (χ0n) is 22.5. The number of hydrogen-bond acceptors (Lipinski definition) is 5. The minimum atomic E-state index is -2.96. The molecule has 5 rings (SSSR count). The van der Waals surface area contributed by atoms with Gasteiger partial charge in [-0.1, -0.05) is 31.9 Å². The maximum Gasteiger partial charge on any atom is 0.150 e. The van der Waals surface area contributed by atoms with Gasteiger partial charge in [0.15, 0.2) is 0 Å². The van der Waals surface area contributed by atoms with Crippen molar-refractivity contribution in [3.05, 3.63) is 77.4 Å². The number of nitrogens with zero attached hydrogens (tertiary/aromatic N) is 1. The van der Waals surface area contributed by atoms with Crippen molar-refractivity contribution in [2.45, 2.75) is 58.4 Å². The number of ether oxygens (including phenoxy) is 1. The second kappa shape index (κ2) is 11.7. The minimum Gasteiger partial charge on any atom is -0.508 e. The van der Waals surface area contributed by atoms with Gasteiger partial charge in [-0.15, -0.1) is 0 Å². The normalized spacial score (nSPS) is 12.8. The number of aromatic hydroxyl groups is 2. The maximum absolute atomic E-state index is 12.1. The van der Waals surface area contributed by atoms with Gasteiger partial charge in [-0.05, 0) is 97.3 Å². The van der Waals surface area contributed by atoms with Gasteiger partial charge in [0.1, 0.15) is 27.1 Å². The third kappa shape index (κ3) is 6.25. The van der Waals surface area contributed by atoms with Crippen LogP contribution in [0.15, 0.2) is 60.7 Å². The van der Waals surface area contributed by atoms with Gasteiger partial charge in [0, 0.05) is 23.0 Å². The first-order valence-corrected chi connectivity index (χ1v) is 15.8. The summed E-state index contributed by atoms with van der Waals surface area (Å²) in [6.07, 6.45) is 5.76. The molecule has 7 heteroatoms. The van der Waals surface area contributed by atoms with Crippen molar-refractivity contribution < 1.29 is 23.4 Å². The molecule has 0 spiro atoms. The largest absolute Gasteiger partial charge is 0.508 e. The standard InChI is InChI=1S/C32H37NO5S/c1-2-3-5-18-39(36,37)19-6-4-17-38-27-12-7-23(8-13-27)22-33-31-16-11-26(35)21-30(31)29-14-9-24-20-25(34)10-15-28(24)32(29)33/h7-8,10-13,15-16,20-21,34-35H,2-6,9,14,17-19,22H2,1H3. The lowest BCUT2D eigenvalue weighted by Crippen LogP contribution is -2.12. The van der Waals surface area contributed by atoms with E-state index in [0.717, 1.165) is 71.1 Å². The molecule has 0 radical (unpaired) electrons. The molecular formula is C32H37NO5S. The Labute approximate surface area is 230 Å². The highest BCUT2D eigenvalue weighted by Gasteiger charge is 2.25. The van der Waals surface area contributed by atoms with Crippen molar-refractivity contribution in [2.75, 3.05) is 18.1 Å². The van der Waals surface area contributed by atoms with Gasteiger partial charge in [0.05, 0.1) is 23.8 Å². The molecular weight excluding hydrogens is 510 g/mol. The third-order valence-corrected chi connectivity index (χ3v) is 9.40.